The summed E-state index contributed by atoms with van der Waals surface area (Å²) in [5.41, 5.74) is -1.15. The summed E-state index contributed by atoms with van der Waals surface area (Å²) < 4.78 is 63.8. The Kier molecular flexibility index (Phi) is 4.46. The van der Waals surface area contributed by atoms with Crippen LogP contribution in [0.1, 0.15) is 5.56 Å². The van der Waals surface area contributed by atoms with Crippen LogP contribution in [0.25, 0.3) is 0 Å². The van der Waals surface area contributed by atoms with Gasteiger partial charge in [-0.2, -0.15) is 13.2 Å². The molecule has 3 rings (SSSR count). The smallest absolute Gasteiger partial charge is 0.324 e. The lowest BCUT2D eigenvalue weighted by Crippen LogP contribution is -2.51. The average Bonchev–Trinajstić information content (AvgIpc) is 2.59. The first-order valence-electron chi connectivity index (χ1n) is 7.62. The van der Waals surface area contributed by atoms with E-state index in [1.54, 1.807) is 6.07 Å². The van der Waals surface area contributed by atoms with Crippen molar-refractivity contribution < 1.29 is 31.2 Å². The van der Waals surface area contributed by atoms with Crippen molar-refractivity contribution in [3.8, 4) is 0 Å². The van der Waals surface area contributed by atoms with E-state index >= 15 is 0 Å². The maximum Gasteiger partial charge on any atom is 0.416 e. The van der Waals surface area contributed by atoms with E-state index in [1.165, 1.54) is 31.3 Å². The Hall–Kier alpha value is -2.88. The molecule has 1 unspecified atom stereocenters. The predicted octanol–water partition coefficient (Wildman–Crippen LogP) is 2.46. The molecule has 27 heavy (non-hydrogen) atoms. The number of nitrogens with one attached hydrogen (secondary N) is 1. The van der Waals surface area contributed by atoms with Gasteiger partial charge in [-0.3, -0.25) is 9.59 Å². The Bertz CT molecular complexity index is 1030. The van der Waals surface area contributed by atoms with Crippen molar-refractivity contribution in [1.29, 1.82) is 0 Å². The summed E-state index contributed by atoms with van der Waals surface area (Å²) in [7, 11) is -3.03. The van der Waals surface area contributed by atoms with Crippen LogP contribution in [-0.4, -0.2) is 32.5 Å². The Balaban J connectivity index is 1.97. The summed E-state index contributed by atoms with van der Waals surface area (Å²) in [6.45, 7) is 0. The highest BCUT2D eigenvalue weighted by atomic mass is 32.2. The summed E-state index contributed by atoms with van der Waals surface area (Å²) in [4.78, 5) is 25.8. The highest BCUT2D eigenvalue weighted by Crippen LogP contribution is 2.34. The molecule has 0 spiro atoms. The zero-order valence-corrected chi connectivity index (χ0v) is 14.6. The fourth-order valence-electron chi connectivity index (χ4n) is 2.76. The molecule has 10 heteroatoms. The largest absolute Gasteiger partial charge is 0.416 e. The molecule has 0 bridgehead atoms. The van der Waals surface area contributed by atoms with E-state index in [0.29, 0.717) is 6.07 Å². The molecule has 6 nitrogen and oxygen atoms in total. The van der Waals surface area contributed by atoms with Crippen molar-refractivity contribution in [3.63, 3.8) is 0 Å². The van der Waals surface area contributed by atoms with E-state index in [4.69, 9.17) is 0 Å². The molecule has 0 aromatic heterocycles. The number of alkyl halides is 3. The molecule has 142 valence electrons. The van der Waals surface area contributed by atoms with Gasteiger partial charge >= 0.3 is 6.18 Å². The second-order valence-corrected chi connectivity index (χ2v) is 7.86. The molecule has 0 aliphatic carbocycles. The molecule has 1 aliphatic heterocycles. The zero-order chi connectivity index (χ0) is 20.0. The number of hydrogen-bond acceptors (Lipinski definition) is 4. The molecule has 1 aliphatic rings. The van der Waals surface area contributed by atoms with Crippen molar-refractivity contribution >= 4 is 33.0 Å². The van der Waals surface area contributed by atoms with E-state index in [2.05, 4.69) is 5.32 Å². The lowest BCUT2D eigenvalue weighted by Gasteiger charge is -2.30. The van der Waals surface area contributed by atoms with Gasteiger partial charge in [-0.1, -0.05) is 18.2 Å². The molecule has 1 heterocycles. The zero-order valence-electron chi connectivity index (χ0n) is 13.8. The highest BCUT2D eigenvalue weighted by molar-refractivity contribution is 7.94. The van der Waals surface area contributed by atoms with Crippen molar-refractivity contribution in [3.05, 3.63) is 54.1 Å². The molecule has 0 fully saturated rings. The molecule has 2 aromatic rings. The molecular weight excluding hydrogens is 385 g/mol. The van der Waals surface area contributed by atoms with E-state index in [1.807, 2.05) is 0 Å². The van der Waals surface area contributed by atoms with Crippen LogP contribution in [0.15, 0.2) is 53.4 Å². The van der Waals surface area contributed by atoms with Crippen LogP contribution in [0.4, 0.5) is 24.5 Å². The number of benzene rings is 2. The number of halogens is 3. The molecule has 0 saturated heterocycles. The van der Waals surface area contributed by atoms with Crippen molar-refractivity contribution in [1.82, 2.24) is 0 Å². The summed E-state index contributed by atoms with van der Waals surface area (Å²) in [5, 5.41) is 0.00514. The van der Waals surface area contributed by atoms with Gasteiger partial charge in [0.2, 0.25) is 15.1 Å². The number of nitrogens with zero attached hydrogens (tertiary/aromatic N) is 1. The fourth-order valence-corrected chi connectivity index (χ4v) is 4.55. The van der Waals surface area contributed by atoms with Gasteiger partial charge < -0.3 is 10.2 Å². The van der Waals surface area contributed by atoms with Gasteiger partial charge in [-0.25, -0.2) is 8.42 Å². The fraction of sp³-hybridized carbons (Fsp3) is 0.176. The molecule has 2 aromatic carbocycles. The maximum atomic E-state index is 12.8. The van der Waals surface area contributed by atoms with Gasteiger partial charge in [0, 0.05) is 12.7 Å². The van der Waals surface area contributed by atoms with Crippen LogP contribution in [0.3, 0.4) is 0 Å². The lowest BCUT2D eigenvalue weighted by atomic mass is 10.2. The first-order valence-corrected chi connectivity index (χ1v) is 9.17. The van der Waals surface area contributed by atoms with Crippen molar-refractivity contribution in [2.24, 2.45) is 0 Å². The van der Waals surface area contributed by atoms with Crippen LogP contribution in [0, 0.1) is 0 Å². The first-order chi connectivity index (χ1) is 12.5. The molecule has 1 N–H and O–H groups in total. The molecule has 0 saturated carbocycles. The summed E-state index contributed by atoms with van der Waals surface area (Å²) in [6.07, 6.45) is -4.63. The van der Waals surface area contributed by atoms with E-state index < -0.39 is 38.6 Å². The number of fused-ring (bicyclic) bond motifs is 1. The van der Waals surface area contributed by atoms with Gasteiger partial charge in [0.1, 0.15) is 0 Å². The normalized spacial score (nSPS) is 18.7. The second kappa shape index (κ2) is 6.38. The SMILES string of the molecule is CN1C(=O)C(C(=O)Nc2cccc(C(F)(F)F)c2)S(=O)(=O)c2ccccc21. The average molecular weight is 398 g/mol. The lowest BCUT2D eigenvalue weighted by molar-refractivity contribution is -0.137. The third-order valence-electron chi connectivity index (χ3n) is 4.09. The molecular formula is C17H13F3N2O4S. The molecule has 0 radical (unpaired) electrons. The van der Waals surface area contributed by atoms with Crippen LogP contribution < -0.4 is 10.2 Å². The van der Waals surface area contributed by atoms with Crippen molar-refractivity contribution in [2.75, 3.05) is 17.3 Å². The summed E-state index contributed by atoms with van der Waals surface area (Å²) >= 11 is 0. The molecule has 2 amide bonds. The third-order valence-corrected chi connectivity index (χ3v) is 6.09. The number of sulfone groups is 1. The van der Waals surface area contributed by atoms with Gasteiger partial charge in [-0.05, 0) is 30.3 Å². The molecule has 1 atom stereocenters. The minimum absolute atomic E-state index is 0.130. The monoisotopic (exact) mass is 398 g/mol. The number of carbonyl (C=O) groups is 2. The minimum atomic E-state index is -4.63. The van der Waals surface area contributed by atoms with E-state index in [9.17, 15) is 31.2 Å². The number of rotatable bonds is 2. The summed E-state index contributed by atoms with van der Waals surface area (Å²) in [5.74, 6) is -2.21. The van der Waals surface area contributed by atoms with Gasteiger partial charge in [0.15, 0.2) is 0 Å². The van der Waals surface area contributed by atoms with E-state index in [0.717, 1.165) is 17.0 Å². The quantitative estimate of drug-likeness (QED) is 0.788. The second-order valence-electron chi connectivity index (χ2n) is 5.86. The number of carbonyl (C=O) groups excluding carboxylic acids is 2. The Labute approximate surface area is 152 Å². The number of para-hydroxylation sites is 1. The number of hydrogen-bond donors (Lipinski definition) is 1. The van der Waals surface area contributed by atoms with Gasteiger partial charge in [0.05, 0.1) is 16.1 Å². The van der Waals surface area contributed by atoms with Crippen LogP contribution in [0.5, 0.6) is 0 Å². The van der Waals surface area contributed by atoms with Gasteiger partial charge in [-0.15, -0.1) is 0 Å². The first kappa shape index (κ1) is 18.9. The number of amides is 2. The highest BCUT2D eigenvalue weighted by Gasteiger charge is 2.47. The Morgan fingerprint density at radius 1 is 1.11 bits per heavy atom. The standard InChI is InChI=1S/C17H13F3N2O4S/c1-22-12-7-2-3-8-13(12)27(25,26)14(16(22)24)15(23)21-11-6-4-5-10(9-11)17(18,19)20/h2-9,14H,1H3,(H,21,23). The third kappa shape index (κ3) is 3.27. The Morgan fingerprint density at radius 2 is 1.78 bits per heavy atom. The summed E-state index contributed by atoms with van der Waals surface area (Å²) in [6, 6.07) is 9.38. The van der Waals surface area contributed by atoms with Gasteiger partial charge in [0.25, 0.3) is 11.8 Å². The maximum absolute atomic E-state index is 12.8. The van der Waals surface area contributed by atoms with Crippen molar-refractivity contribution in [2.45, 2.75) is 16.3 Å². The van der Waals surface area contributed by atoms with Crippen LogP contribution >= 0.6 is 0 Å². The predicted molar refractivity (Wildman–Crippen MR) is 90.9 cm³/mol. The van der Waals surface area contributed by atoms with Crippen LogP contribution in [-0.2, 0) is 25.6 Å². The minimum Gasteiger partial charge on any atom is -0.324 e. The topological polar surface area (TPSA) is 83.6 Å². The number of anilines is 2. The Morgan fingerprint density at radius 3 is 2.44 bits per heavy atom. The van der Waals surface area contributed by atoms with Crippen LogP contribution in [0.2, 0.25) is 0 Å². The van der Waals surface area contributed by atoms with E-state index in [-0.39, 0.29) is 16.3 Å².